The summed E-state index contributed by atoms with van der Waals surface area (Å²) in [6.45, 7) is 2.00. The first kappa shape index (κ1) is 13.0. The standard InChI is InChI=1S/C9H18N4O2S/c1-5-6-8-9(10-2)11-7-13(8)16(14,15)12(3)4/h7,10H,5-6H2,1-4H3. The van der Waals surface area contributed by atoms with E-state index in [2.05, 4.69) is 10.3 Å². The maximum Gasteiger partial charge on any atom is 0.308 e. The summed E-state index contributed by atoms with van der Waals surface area (Å²) < 4.78 is 26.4. The molecule has 16 heavy (non-hydrogen) atoms. The van der Waals surface area contributed by atoms with Crippen LogP contribution in [-0.2, 0) is 16.6 Å². The minimum atomic E-state index is -3.47. The fourth-order valence-corrected chi connectivity index (χ4v) is 2.38. The molecule has 0 radical (unpaired) electrons. The molecule has 0 saturated carbocycles. The lowest BCUT2D eigenvalue weighted by Gasteiger charge is -2.14. The number of anilines is 1. The Labute approximate surface area is 96.5 Å². The summed E-state index contributed by atoms with van der Waals surface area (Å²) in [6.07, 6.45) is 2.87. The minimum absolute atomic E-state index is 0.618. The molecule has 0 aromatic carbocycles. The van der Waals surface area contributed by atoms with Crippen LogP contribution in [0.5, 0.6) is 0 Å². The van der Waals surface area contributed by atoms with Crippen LogP contribution < -0.4 is 5.32 Å². The van der Waals surface area contributed by atoms with Gasteiger partial charge >= 0.3 is 10.2 Å². The minimum Gasteiger partial charge on any atom is -0.372 e. The van der Waals surface area contributed by atoms with Crippen molar-refractivity contribution < 1.29 is 8.42 Å². The van der Waals surface area contributed by atoms with E-state index in [0.717, 1.165) is 6.42 Å². The van der Waals surface area contributed by atoms with Crippen molar-refractivity contribution >= 4 is 16.0 Å². The molecule has 6 nitrogen and oxygen atoms in total. The van der Waals surface area contributed by atoms with Gasteiger partial charge in [0.25, 0.3) is 0 Å². The van der Waals surface area contributed by atoms with Crippen LogP contribution in [0.25, 0.3) is 0 Å². The molecule has 0 spiro atoms. The second-order valence-electron chi connectivity index (χ2n) is 3.63. The first-order valence-electron chi connectivity index (χ1n) is 5.12. The lowest BCUT2D eigenvalue weighted by Crippen LogP contribution is -2.29. The van der Waals surface area contributed by atoms with Gasteiger partial charge in [0, 0.05) is 21.1 Å². The smallest absolute Gasteiger partial charge is 0.308 e. The number of nitrogens with zero attached hydrogens (tertiary/aromatic N) is 3. The quantitative estimate of drug-likeness (QED) is 0.823. The van der Waals surface area contributed by atoms with Gasteiger partial charge in [0.15, 0.2) is 0 Å². The summed E-state index contributed by atoms with van der Waals surface area (Å²) in [6, 6.07) is 0. The third-order valence-corrected chi connectivity index (χ3v) is 4.00. The molecule has 1 heterocycles. The predicted octanol–water partition coefficient (Wildman–Crippen LogP) is 0.532. The molecule has 0 aliphatic rings. The van der Waals surface area contributed by atoms with Crippen molar-refractivity contribution in [1.29, 1.82) is 0 Å². The summed E-state index contributed by atoms with van der Waals surface area (Å²) >= 11 is 0. The molecule has 0 amide bonds. The van der Waals surface area contributed by atoms with Crippen LogP contribution >= 0.6 is 0 Å². The number of nitrogens with one attached hydrogen (secondary N) is 1. The number of hydrogen-bond acceptors (Lipinski definition) is 4. The van der Waals surface area contributed by atoms with Gasteiger partial charge in [-0.2, -0.15) is 12.7 Å². The van der Waals surface area contributed by atoms with Gasteiger partial charge in [0.1, 0.15) is 12.1 Å². The van der Waals surface area contributed by atoms with Crippen LogP contribution in [0.15, 0.2) is 6.33 Å². The molecule has 0 fully saturated rings. The van der Waals surface area contributed by atoms with Crippen molar-refractivity contribution in [2.45, 2.75) is 19.8 Å². The summed E-state index contributed by atoms with van der Waals surface area (Å²) in [5, 5.41) is 2.90. The highest BCUT2D eigenvalue weighted by Crippen LogP contribution is 2.18. The van der Waals surface area contributed by atoms with Crippen LogP contribution in [0.4, 0.5) is 5.82 Å². The first-order valence-corrected chi connectivity index (χ1v) is 6.51. The predicted molar refractivity (Wildman–Crippen MR) is 63.8 cm³/mol. The lowest BCUT2D eigenvalue weighted by atomic mass is 10.2. The van der Waals surface area contributed by atoms with Crippen LogP contribution in [0.1, 0.15) is 19.0 Å². The van der Waals surface area contributed by atoms with Crippen molar-refractivity contribution in [3.63, 3.8) is 0 Å². The zero-order valence-electron chi connectivity index (χ0n) is 10.1. The van der Waals surface area contributed by atoms with Gasteiger partial charge < -0.3 is 5.32 Å². The molecule has 0 bridgehead atoms. The fourth-order valence-electron chi connectivity index (χ4n) is 1.41. The zero-order chi connectivity index (χ0) is 12.3. The summed E-state index contributed by atoms with van der Waals surface area (Å²) in [7, 11) is 1.27. The van der Waals surface area contributed by atoms with Crippen LogP contribution in [0.3, 0.4) is 0 Å². The second kappa shape index (κ2) is 4.84. The number of imidazole rings is 1. The van der Waals surface area contributed by atoms with Crippen molar-refractivity contribution in [2.75, 3.05) is 26.5 Å². The second-order valence-corrected chi connectivity index (χ2v) is 5.65. The summed E-state index contributed by atoms with van der Waals surface area (Å²) in [4.78, 5) is 4.05. The van der Waals surface area contributed by atoms with Crippen molar-refractivity contribution in [3.8, 4) is 0 Å². The Morgan fingerprint density at radius 1 is 1.50 bits per heavy atom. The SMILES string of the molecule is CCCc1c(NC)ncn1S(=O)(=O)N(C)C. The highest BCUT2D eigenvalue weighted by atomic mass is 32.2. The molecule has 0 unspecified atom stereocenters. The lowest BCUT2D eigenvalue weighted by molar-refractivity contribution is 0.508. The first-order chi connectivity index (χ1) is 7.45. The van der Waals surface area contributed by atoms with Crippen LogP contribution in [-0.4, -0.2) is 42.8 Å². The molecule has 1 aromatic rings. The average Bonchev–Trinajstić information content (AvgIpc) is 2.61. The maximum absolute atomic E-state index is 12.0. The Hall–Kier alpha value is -1.08. The van der Waals surface area contributed by atoms with E-state index >= 15 is 0 Å². The average molecular weight is 246 g/mol. The Morgan fingerprint density at radius 2 is 2.12 bits per heavy atom. The molecule has 0 aliphatic carbocycles. The van der Waals surface area contributed by atoms with Crippen LogP contribution in [0.2, 0.25) is 0 Å². The normalized spacial score (nSPS) is 12.1. The van der Waals surface area contributed by atoms with Crippen molar-refractivity contribution in [3.05, 3.63) is 12.0 Å². The van der Waals surface area contributed by atoms with Gasteiger partial charge in [-0.3, -0.25) is 0 Å². The van der Waals surface area contributed by atoms with Gasteiger partial charge in [-0.1, -0.05) is 13.3 Å². The number of hydrogen-bond donors (Lipinski definition) is 1. The van der Waals surface area contributed by atoms with E-state index in [-0.39, 0.29) is 0 Å². The van der Waals surface area contributed by atoms with Crippen molar-refractivity contribution in [1.82, 2.24) is 13.3 Å². The van der Waals surface area contributed by atoms with Gasteiger partial charge in [-0.15, -0.1) is 0 Å². The molecular formula is C9H18N4O2S. The third-order valence-electron chi connectivity index (χ3n) is 2.26. The van der Waals surface area contributed by atoms with Crippen LogP contribution in [0, 0.1) is 0 Å². The Morgan fingerprint density at radius 3 is 2.56 bits per heavy atom. The van der Waals surface area contributed by atoms with Crippen molar-refractivity contribution in [2.24, 2.45) is 0 Å². The third kappa shape index (κ3) is 2.19. The largest absolute Gasteiger partial charge is 0.372 e. The monoisotopic (exact) mass is 246 g/mol. The molecular weight excluding hydrogens is 228 g/mol. The van der Waals surface area contributed by atoms with Gasteiger partial charge in [0.2, 0.25) is 0 Å². The molecule has 1 rings (SSSR count). The highest BCUT2D eigenvalue weighted by molar-refractivity contribution is 7.87. The zero-order valence-corrected chi connectivity index (χ0v) is 10.9. The Kier molecular flexibility index (Phi) is 3.93. The fraction of sp³-hybridized carbons (Fsp3) is 0.667. The van der Waals surface area contributed by atoms with E-state index in [1.165, 1.54) is 28.7 Å². The number of aromatic nitrogens is 2. The van der Waals surface area contributed by atoms with E-state index in [0.29, 0.717) is 17.9 Å². The van der Waals surface area contributed by atoms with E-state index in [9.17, 15) is 8.42 Å². The Balaban J connectivity index is 3.29. The number of rotatable bonds is 5. The van der Waals surface area contributed by atoms with Gasteiger partial charge in [0.05, 0.1) is 5.69 Å². The topological polar surface area (TPSA) is 67.2 Å². The summed E-state index contributed by atoms with van der Waals surface area (Å²) in [5.74, 6) is 0.618. The highest BCUT2D eigenvalue weighted by Gasteiger charge is 2.21. The molecule has 1 aromatic heterocycles. The molecule has 0 saturated heterocycles. The Bertz CT molecular complexity index is 450. The molecule has 0 aliphatic heterocycles. The van der Waals surface area contributed by atoms with E-state index in [1.54, 1.807) is 7.05 Å². The van der Waals surface area contributed by atoms with E-state index in [1.807, 2.05) is 6.92 Å². The van der Waals surface area contributed by atoms with E-state index < -0.39 is 10.2 Å². The van der Waals surface area contributed by atoms with E-state index in [4.69, 9.17) is 0 Å². The molecule has 7 heteroatoms. The molecule has 92 valence electrons. The summed E-state index contributed by atoms with van der Waals surface area (Å²) in [5.41, 5.74) is 0.693. The molecule has 0 atom stereocenters. The van der Waals surface area contributed by atoms with Gasteiger partial charge in [-0.05, 0) is 6.42 Å². The molecule has 1 N–H and O–H groups in total. The maximum atomic E-state index is 12.0. The van der Waals surface area contributed by atoms with Gasteiger partial charge in [-0.25, -0.2) is 8.96 Å².